The highest BCUT2D eigenvalue weighted by Gasteiger charge is 2.30. The van der Waals surface area contributed by atoms with Gasteiger partial charge in [0.2, 0.25) is 11.7 Å². The van der Waals surface area contributed by atoms with Crippen molar-refractivity contribution in [3.63, 3.8) is 0 Å². The summed E-state index contributed by atoms with van der Waals surface area (Å²) in [7, 11) is 1.36. The van der Waals surface area contributed by atoms with E-state index < -0.39 is 24.0 Å². The molecule has 42 heavy (non-hydrogen) atoms. The fourth-order valence-electron chi connectivity index (χ4n) is 4.15. The first-order valence-corrected chi connectivity index (χ1v) is 14.1. The molecule has 2 aromatic carbocycles. The quantitative estimate of drug-likeness (QED) is 0.232. The van der Waals surface area contributed by atoms with Crippen molar-refractivity contribution in [2.75, 3.05) is 13.7 Å². The van der Waals surface area contributed by atoms with Gasteiger partial charge in [-0.3, -0.25) is 9.59 Å². The molecular weight excluding hydrogens is 581 g/mol. The van der Waals surface area contributed by atoms with E-state index in [9.17, 15) is 14.4 Å². The molecule has 3 rings (SSSR count). The van der Waals surface area contributed by atoms with Crippen molar-refractivity contribution in [1.82, 2.24) is 15.6 Å². The molecule has 3 aromatic rings. The summed E-state index contributed by atoms with van der Waals surface area (Å²) >= 11 is 12.2. The molecule has 0 spiro atoms. The summed E-state index contributed by atoms with van der Waals surface area (Å²) in [6.07, 6.45) is 0.897. The van der Waals surface area contributed by atoms with E-state index in [0.29, 0.717) is 22.2 Å². The molecule has 1 heterocycles. The van der Waals surface area contributed by atoms with Gasteiger partial charge in [-0.2, -0.15) is 0 Å². The first-order valence-electron chi connectivity index (χ1n) is 13.3. The molecule has 0 saturated heterocycles. The number of carbonyl (C=O) groups is 3. The lowest BCUT2D eigenvalue weighted by atomic mass is 9.95. The van der Waals surface area contributed by atoms with Crippen LogP contribution >= 0.6 is 23.2 Å². The molecule has 0 radical (unpaired) electrons. The number of nitrogens with zero attached hydrogens (tertiary/aromatic N) is 1. The van der Waals surface area contributed by atoms with Gasteiger partial charge >= 0.3 is 6.16 Å². The topological polar surface area (TPSA) is 116 Å². The summed E-state index contributed by atoms with van der Waals surface area (Å²) in [6.45, 7) is 7.22. The second kappa shape index (κ2) is 15.2. The van der Waals surface area contributed by atoms with Crippen molar-refractivity contribution in [3.05, 3.63) is 93.4 Å². The highest BCUT2D eigenvalue weighted by Crippen LogP contribution is 2.31. The first kappa shape index (κ1) is 32.4. The van der Waals surface area contributed by atoms with Crippen molar-refractivity contribution in [2.45, 2.75) is 40.2 Å². The standard InChI is InChI=1S/C31H33Cl2N3O6/c1-6-18(3)26(36-30(38)27-28(42-31(39)41-7-2)24(40-5)16-17-34-27)29(37)35-19(4)25(20-8-12-22(32)13-9-20)21-10-14-23(33)15-11-21/h8-18,26H,6-7H2,1-5H3,(H,35,37)(H,36,38)/t18-,26-/m0/s1. The SMILES string of the molecule is CCOC(=O)Oc1c(OC)ccnc1C(=O)N[C@H](C(=O)NC(C)=C(c1ccc(Cl)cc1)c1ccc(Cl)cc1)[C@@H](C)CC. The van der Waals surface area contributed by atoms with Crippen molar-refractivity contribution in [2.24, 2.45) is 5.92 Å². The van der Waals surface area contributed by atoms with Crippen LogP contribution in [0, 0.1) is 5.92 Å². The van der Waals surface area contributed by atoms with Gasteiger partial charge in [0.25, 0.3) is 5.91 Å². The third-order valence-corrected chi connectivity index (χ3v) is 6.99. The maximum absolute atomic E-state index is 13.7. The smallest absolute Gasteiger partial charge is 0.493 e. The Hall–Kier alpha value is -4.08. The average Bonchev–Trinajstić information content (AvgIpc) is 2.97. The predicted octanol–water partition coefficient (Wildman–Crippen LogP) is 6.67. The summed E-state index contributed by atoms with van der Waals surface area (Å²) in [4.78, 5) is 43.3. The van der Waals surface area contributed by atoms with Crippen LogP contribution in [-0.2, 0) is 9.53 Å². The van der Waals surface area contributed by atoms with Crippen LogP contribution in [0.3, 0.4) is 0 Å². The number of carbonyl (C=O) groups excluding carboxylic acids is 3. The molecule has 222 valence electrons. The van der Waals surface area contributed by atoms with Crippen LogP contribution in [0.2, 0.25) is 10.0 Å². The Kier molecular flexibility index (Phi) is 11.8. The van der Waals surface area contributed by atoms with Crippen LogP contribution in [-0.4, -0.2) is 42.7 Å². The van der Waals surface area contributed by atoms with Crippen LogP contribution in [0.25, 0.3) is 5.57 Å². The van der Waals surface area contributed by atoms with Gasteiger partial charge in [-0.15, -0.1) is 0 Å². The third-order valence-electron chi connectivity index (χ3n) is 6.48. The average molecular weight is 615 g/mol. The number of ether oxygens (including phenoxy) is 3. The molecule has 11 heteroatoms. The van der Waals surface area contributed by atoms with Crippen LogP contribution in [0.1, 0.15) is 55.7 Å². The first-order chi connectivity index (χ1) is 20.1. The molecule has 2 amide bonds. The molecule has 0 aliphatic carbocycles. The van der Waals surface area contributed by atoms with E-state index in [1.165, 1.54) is 19.4 Å². The lowest BCUT2D eigenvalue weighted by molar-refractivity contribution is -0.123. The number of hydrogen-bond acceptors (Lipinski definition) is 7. The van der Waals surface area contributed by atoms with E-state index in [1.54, 1.807) is 38.1 Å². The zero-order valence-electron chi connectivity index (χ0n) is 24.0. The fourth-order valence-corrected chi connectivity index (χ4v) is 4.40. The molecule has 2 atom stereocenters. The highest BCUT2D eigenvalue weighted by molar-refractivity contribution is 6.31. The van der Waals surface area contributed by atoms with Gasteiger partial charge in [0, 0.05) is 33.6 Å². The minimum absolute atomic E-state index is 0.0695. The summed E-state index contributed by atoms with van der Waals surface area (Å²) in [5, 5.41) is 6.89. The number of pyridine rings is 1. The number of rotatable bonds is 11. The van der Waals surface area contributed by atoms with Gasteiger partial charge in [0.05, 0.1) is 13.7 Å². The summed E-state index contributed by atoms with van der Waals surface area (Å²) in [6, 6.07) is 15.0. The molecule has 9 nitrogen and oxygen atoms in total. The molecular formula is C31H33Cl2N3O6. The minimum Gasteiger partial charge on any atom is -0.493 e. The molecule has 2 N–H and O–H groups in total. The van der Waals surface area contributed by atoms with E-state index in [0.717, 1.165) is 16.7 Å². The van der Waals surface area contributed by atoms with Gasteiger partial charge in [0.1, 0.15) is 6.04 Å². The van der Waals surface area contributed by atoms with Crippen LogP contribution in [0.5, 0.6) is 11.5 Å². The van der Waals surface area contributed by atoms with Crippen molar-refractivity contribution in [3.8, 4) is 11.5 Å². The largest absolute Gasteiger partial charge is 0.514 e. The molecule has 0 aliphatic rings. The van der Waals surface area contributed by atoms with E-state index in [1.807, 2.05) is 38.1 Å². The highest BCUT2D eigenvalue weighted by atomic mass is 35.5. The number of benzene rings is 2. The molecule has 0 unspecified atom stereocenters. The van der Waals surface area contributed by atoms with Crippen LogP contribution in [0.15, 0.2) is 66.5 Å². The Morgan fingerprint density at radius 3 is 2.00 bits per heavy atom. The van der Waals surface area contributed by atoms with Gasteiger partial charge in [-0.05, 0) is 55.2 Å². The van der Waals surface area contributed by atoms with Gasteiger partial charge in [-0.25, -0.2) is 9.78 Å². The lowest BCUT2D eigenvalue weighted by Gasteiger charge is -2.25. The Labute approximate surface area is 255 Å². The molecule has 0 aliphatic heterocycles. The number of nitrogens with one attached hydrogen (secondary N) is 2. The Morgan fingerprint density at radius 2 is 1.50 bits per heavy atom. The number of amides is 2. The number of hydrogen-bond donors (Lipinski definition) is 2. The van der Waals surface area contributed by atoms with Gasteiger partial charge in [0.15, 0.2) is 11.4 Å². The number of allylic oxidation sites excluding steroid dienone is 1. The lowest BCUT2D eigenvalue weighted by Crippen LogP contribution is -2.50. The van der Waals surface area contributed by atoms with E-state index in [4.69, 9.17) is 37.4 Å². The zero-order valence-corrected chi connectivity index (χ0v) is 25.5. The fraction of sp³-hybridized carbons (Fsp3) is 0.290. The predicted molar refractivity (Wildman–Crippen MR) is 162 cm³/mol. The summed E-state index contributed by atoms with van der Waals surface area (Å²) < 4.78 is 15.3. The van der Waals surface area contributed by atoms with E-state index in [2.05, 4.69) is 15.6 Å². The Balaban J connectivity index is 1.96. The van der Waals surface area contributed by atoms with E-state index >= 15 is 0 Å². The third kappa shape index (κ3) is 8.24. The van der Waals surface area contributed by atoms with Crippen LogP contribution < -0.4 is 20.1 Å². The maximum atomic E-state index is 13.7. The normalized spacial score (nSPS) is 12.0. The molecule has 1 aromatic heterocycles. The van der Waals surface area contributed by atoms with E-state index in [-0.39, 0.29) is 29.7 Å². The Morgan fingerprint density at radius 1 is 0.929 bits per heavy atom. The second-order valence-corrected chi connectivity index (χ2v) is 10.2. The zero-order chi connectivity index (χ0) is 30.8. The maximum Gasteiger partial charge on any atom is 0.514 e. The summed E-state index contributed by atoms with van der Waals surface area (Å²) in [5.41, 5.74) is 2.72. The monoisotopic (exact) mass is 613 g/mol. The van der Waals surface area contributed by atoms with Crippen molar-refractivity contribution in [1.29, 1.82) is 0 Å². The Bertz CT molecular complexity index is 1390. The number of halogens is 2. The number of methoxy groups -OCH3 is 1. The minimum atomic E-state index is -1.02. The van der Waals surface area contributed by atoms with Gasteiger partial charge < -0.3 is 24.8 Å². The number of aromatic nitrogens is 1. The molecule has 0 bridgehead atoms. The molecule has 0 saturated carbocycles. The summed E-state index contributed by atoms with van der Waals surface area (Å²) in [5.74, 6) is -1.56. The molecule has 0 fully saturated rings. The van der Waals surface area contributed by atoms with Crippen LogP contribution in [0.4, 0.5) is 4.79 Å². The second-order valence-electron chi connectivity index (χ2n) is 9.32. The van der Waals surface area contributed by atoms with Crippen molar-refractivity contribution >= 4 is 46.7 Å². The van der Waals surface area contributed by atoms with Crippen molar-refractivity contribution < 1.29 is 28.6 Å². The van der Waals surface area contributed by atoms with Gasteiger partial charge in [-0.1, -0.05) is 67.7 Å².